The summed E-state index contributed by atoms with van der Waals surface area (Å²) in [6, 6.07) is 8.15. The number of nitrogens with zero attached hydrogens (tertiary/aromatic N) is 3. The standard InChI is InChI=1S/C24H32N4O4S/c1-18-8-4-7-15-28(18)33(30,31)22-16-19(9-11-21(22)32-2)24(29)26-20-10-12-23(25-17-20)27-13-5-3-6-14-27/h9-12,16-18H,3-8,13-15H2,1-2H3,(H,26,29). The molecule has 9 heteroatoms. The van der Waals surface area contributed by atoms with Crippen molar-refractivity contribution in [2.24, 2.45) is 0 Å². The van der Waals surface area contributed by atoms with Gasteiger partial charge in [-0.25, -0.2) is 13.4 Å². The van der Waals surface area contributed by atoms with E-state index < -0.39 is 15.9 Å². The molecule has 0 spiro atoms. The summed E-state index contributed by atoms with van der Waals surface area (Å²) in [6.07, 6.45) is 7.88. The third-order valence-corrected chi connectivity index (χ3v) is 8.48. The van der Waals surface area contributed by atoms with E-state index >= 15 is 0 Å². The zero-order chi connectivity index (χ0) is 23.4. The average molecular weight is 473 g/mol. The van der Waals surface area contributed by atoms with Gasteiger partial charge < -0.3 is 15.0 Å². The Balaban J connectivity index is 1.53. The summed E-state index contributed by atoms with van der Waals surface area (Å²) < 4.78 is 33.6. The van der Waals surface area contributed by atoms with Crippen molar-refractivity contribution < 1.29 is 17.9 Å². The van der Waals surface area contributed by atoms with Gasteiger partial charge in [0.15, 0.2) is 0 Å². The summed E-state index contributed by atoms with van der Waals surface area (Å²) in [7, 11) is -2.36. The van der Waals surface area contributed by atoms with Gasteiger partial charge in [0.1, 0.15) is 16.5 Å². The third-order valence-electron chi connectivity index (χ3n) is 6.44. The molecule has 1 N–H and O–H groups in total. The first-order valence-electron chi connectivity index (χ1n) is 11.6. The summed E-state index contributed by atoms with van der Waals surface area (Å²) in [5, 5.41) is 2.82. The number of hydrogen-bond acceptors (Lipinski definition) is 6. The zero-order valence-corrected chi connectivity index (χ0v) is 20.1. The number of carbonyl (C=O) groups excluding carboxylic acids is 1. The van der Waals surface area contributed by atoms with Crippen LogP contribution >= 0.6 is 0 Å². The lowest BCUT2D eigenvalue weighted by atomic mass is 10.1. The number of carbonyl (C=O) groups is 1. The van der Waals surface area contributed by atoms with E-state index in [9.17, 15) is 13.2 Å². The highest BCUT2D eigenvalue weighted by Crippen LogP contribution is 2.32. The Labute approximate surface area is 196 Å². The molecule has 0 saturated carbocycles. The molecule has 2 aliphatic rings. The molecule has 2 fully saturated rings. The minimum Gasteiger partial charge on any atom is -0.495 e. The fraction of sp³-hybridized carbons (Fsp3) is 0.500. The van der Waals surface area contributed by atoms with Gasteiger partial charge in [0.05, 0.1) is 19.0 Å². The van der Waals surface area contributed by atoms with Crippen LogP contribution in [-0.4, -0.2) is 56.4 Å². The van der Waals surface area contributed by atoms with Crippen molar-refractivity contribution in [1.82, 2.24) is 9.29 Å². The van der Waals surface area contributed by atoms with Gasteiger partial charge in [0.2, 0.25) is 10.0 Å². The van der Waals surface area contributed by atoms with E-state index in [1.807, 2.05) is 19.1 Å². The van der Waals surface area contributed by atoms with Crippen molar-refractivity contribution in [2.45, 2.75) is 56.4 Å². The van der Waals surface area contributed by atoms with Crippen LogP contribution in [-0.2, 0) is 10.0 Å². The van der Waals surface area contributed by atoms with Crippen LogP contribution in [0.15, 0.2) is 41.4 Å². The molecule has 0 aliphatic carbocycles. The van der Waals surface area contributed by atoms with Crippen molar-refractivity contribution in [2.75, 3.05) is 37.0 Å². The van der Waals surface area contributed by atoms with Crippen molar-refractivity contribution in [3.8, 4) is 5.75 Å². The van der Waals surface area contributed by atoms with Crippen LogP contribution in [0.4, 0.5) is 11.5 Å². The lowest BCUT2D eigenvalue weighted by Gasteiger charge is -2.32. The monoisotopic (exact) mass is 472 g/mol. The number of methoxy groups -OCH3 is 1. The SMILES string of the molecule is COc1ccc(C(=O)Nc2ccc(N3CCCCC3)nc2)cc1S(=O)(=O)N1CCCCC1C. The Morgan fingerprint density at radius 3 is 2.48 bits per heavy atom. The van der Waals surface area contributed by atoms with E-state index in [4.69, 9.17) is 4.74 Å². The van der Waals surface area contributed by atoms with Crippen LogP contribution in [0.5, 0.6) is 5.75 Å². The molecule has 1 aromatic carbocycles. The summed E-state index contributed by atoms with van der Waals surface area (Å²) in [5.41, 5.74) is 0.810. The van der Waals surface area contributed by atoms with Gasteiger partial charge in [-0.05, 0) is 69.4 Å². The van der Waals surface area contributed by atoms with E-state index in [-0.39, 0.29) is 22.3 Å². The van der Waals surface area contributed by atoms with Crippen LogP contribution in [0.25, 0.3) is 0 Å². The molecule has 3 heterocycles. The largest absolute Gasteiger partial charge is 0.495 e. The number of anilines is 2. The smallest absolute Gasteiger partial charge is 0.255 e. The molecule has 0 radical (unpaired) electrons. The molecular weight excluding hydrogens is 440 g/mol. The Hall–Kier alpha value is -2.65. The van der Waals surface area contributed by atoms with Gasteiger partial charge in [0, 0.05) is 31.2 Å². The van der Waals surface area contributed by atoms with Crippen LogP contribution in [0.1, 0.15) is 55.8 Å². The maximum atomic E-state index is 13.4. The third kappa shape index (κ3) is 5.14. The van der Waals surface area contributed by atoms with Crippen molar-refractivity contribution in [3.05, 3.63) is 42.1 Å². The van der Waals surface area contributed by atoms with Gasteiger partial charge in [-0.2, -0.15) is 4.31 Å². The van der Waals surface area contributed by atoms with Gasteiger partial charge in [-0.1, -0.05) is 6.42 Å². The highest BCUT2D eigenvalue weighted by Gasteiger charge is 2.33. The molecule has 2 saturated heterocycles. The molecule has 1 atom stereocenters. The van der Waals surface area contributed by atoms with E-state index in [1.165, 1.54) is 42.8 Å². The Bertz CT molecular complexity index is 1080. The maximum Gasteiger partial charge on any atom is 0.255 e. The maximum absolute atomic E-state index is 13.4. The Morgan fingerprint density at radius 1 is 1.06 bits per heavy atom. The number of ether oxygens (including phenoxy) is 1. The minimum absolute atomic E-state index is 0.0185. The van der Waals surface area contributed by atoms with Crippen molar-refractivity contribution >= 4 is 27.4 Å². The molecule has 2 aliphatic heterocycles. The van der Waals surface area contributed by atoms with Crippen LogP contribution in [0.2, 0.25) is 0 Å². The molecule has 178 valence electrons. The first-order valence-corrected chi connectivity index (χ1v) is 13.1. The molecule has 1 aromatic heterocycles. The predicted molar refractivity (Wildman–Crippen MR) is 128 cm³/mol. The van der Waals surface area contributed by atoms with Gasteiger partial charge in [0.25, 0.3) is 5.91 Å². The van der Waals surface area contributed by atoms with E-state index in [2.05, 4.69) is 15.2 Å². The molecule has 4 rings (SSSR count). The van der Waals surface area contributed by atoms with E-state index in [0.29, 0.717) is 12.2 Å². The molecule has 1 unspecified atom stereocenters. The van der Waals surface area contributed by atoms with Gasteiger partial charge >= 0.3 is 0 Å². The van der Waals surface area contributed by atoms with Crippen LogP contribution in [0.3, 0.4) is 0 Å². The minimum atomic E-state index is -3.79. The fourth-order valence-corrected chi connectivity index (χ4v) is 6.43. The summed E-state index contributed by atoms with van der Waals surface area (Å²) in [4.78, 5) is 19.7. The molecule has 2 aromatic rings. The van der Waals surface area contributed by atoms with Crippen molar-refractivity contribution in [3.63, 3.8) is 0 Å². The quantitative estimate of drug-likeness (QED) is 0.686. The second kappa shape index (κ2) is 10.1. The molecule has 1 amide bonds. The topological polar surface area (TPSA) is 91.8 Å². The predicted octanol–water partition coefficient (Wildman–Crippen LogP) is 3.90. The number of piperidine rings is 2. The lowest BCUT2D eigenvalue weighted by molar-refractivity contribution is 0.102. The number of amides is 1. The fourth-order valence-electron chi connectivity index (χ4n) is 4.55. The number of rotatable bonds is 6. The number of benzene rings is 1. The Kier molecular flexibility index (Phi) is 7.19. The van der Waals surface area contributed by atoms with E-state index in [1.54, 1.807) is 12.3 Å². The van der Waals surface area contributed by atoms with Crippen LogP contribution in [0, 0.1) is 0 Å². The summed E-state index contributed by atoms with van der Waals surface area (Å²) in [6.45, 7) is 4.38. The van der Waals surface area contributed by atoms with Crippen LogP contribution < -0.4 is 15.0 Å². The first kappa shape index (κ1) is 23.5. The summed E-state index contributed by atoms with van der Waals surface area (Å²) >= 11 is 0. The number of hydrogen-bond donors (Lipinski definition) is 1. The second-order valence-electron chi connectivity index (χ2n) is 8.73. The summed E-state index contributed by atoms with van der Waals surface area (Å²) in [5.74, 6) is 0.742. The number of pyridine rings is 1. The number of nitrogens with one attached hydrogen (secondary N) is 1. The van der Waals surface area contributed by atoms with Gasteiger partial charge in [-0.15, -0.1) is 0 Å². The number of aromatic nitrogens is 1. The molecular formula is C24H32N4O4S. The highest BCUT2D eigenvalue weighted by molar-refractivity contribution is 7.89. The number of sulfonamides is 1. The highest BCUT2D eigenvalue weighted by atomic mass is 32.2. The molecule has 8 nitrogen and oxygen atoms in total. The van der Waals surface area contributed by atoms with E-state index in [0.717, 1.165) is 38.2 Å². The lowest BCUT2D eigenvalue weighted by Crippen LogP contribution is -2.42. The zero-order valence-electron chi connectivity index (χ0n) is 19.3. The molecule has 33 heavy (non-hydrogen) atoms. The van der Waals surface area contributed by atoms with Gasteiger partial charge in [-0.3, -0.25) is 4.79 Å². The second-order valence-corrected chi connectivity index (χ2v) is 10.6. The average Bonchev–Trinajstić information content (AvgIpc) is 2.84. The Morgan fingerprint density at radius 2 is 1.82 bits per heavy atom. The molecule has 0 bridgehead atoms. The normalized spacial score (nSPS) is 19.8. The first-order chi connectivity index (χ1) is 15.9. The van der Waals surface area contributed by atoms with Crippen molar-refractivity contribution in [1.29, 1.82) is 0 Å².